The summed E-state index contributed by atoms with van der Waals surface area (Å²) < 4.78 is 3.69. The molecule has 4 heteroatoms. The van der Waals surface area contributed by atoms with E-state index in [1.165, 1.54) is 12.8 Å². The Kier molecular flexibility index (Phi) is 5.89. The third-order valence-corrected chi connectivity index (χ3v) is 11.8. The molecule has 2 aliphatic rings. The second-order valence-electron chi connectivity index (χ2n) is 6.08. The first kappa shape index (κ1) is 18.5. The van der Waals surface area contributed by atoms with Gasteiger partial charge in [-0.3, -0.25) is 0 Å². The van der Waals surface area contributed by atoms with Crippen molar-refractivity contribution >= 4 is 14.5 Å². The predicted molar refractivity (Wildman–Crippen MR) is 85.1 cm³/mol. The van der Waals surface area contributed by atoms with Gasteiger partial charge in [0.25, 0.3) is 0 Å². The van der Waals surface area contributed by atoms with Crippen LogP contribution in [0.2, 0.25) is 0 Å². The van der Waals surface area contributed by atoms with E-state index in [0.717, 1.165) is 14.1 Å². The molecule has 2 unspecified atom stereocenters. The van der Waals surface area contributed by atoms with Crippen molar-refractivity contribution in [3.63, 3.8) is 0 Å². The monoisotopic (exact) mass is 426 g/mol. The Balaban J connectivity index is 0.000000882. The largest absolute Gasteiger partial charge is 1.00 e. The molecule has 2 aromatic rings. The molecule has 4 rings (SSSR count). The summed E-state index contributed by atoms with van der Waals surface area (Å²) >= 11 is -0.578. The van der Waals surface area contributed by atoms with Crippen molar-refractivity contribution in [1.82, 2.24) is 0 Å². The van der Waals surface area contributed by atoms with Gasteiger partial charge in [0.2, 0.25) is 0 Å². The number of hydrogen-bond acceptors (Lipinski definition) is 0. The third-order valence-electron chi connectivity index (χ3n) is 5.11. The second-order valence-corrected chi connectivity index (χ2v) is 11.9. The van der Waals surface area contributed by atoms with Crippen LogP contribution in [-0.2, 0) is 23.2 Å². The first-order valence-electron chi connectivity index (χ1n) is 7.42. The molecule has 1 heterocycles. The summed E-state index contributed by atoms with van der Waals surface area (Å²) in [5, 5.41) is 1.64. The average Bonchev–Trinajstić information content (AvgIpc) is 2.77. The minimum Gasteiger partial charge on any atom is -1.00 e. The Hall–Kier alpha value is 0.203. The molecule has 1 fully saturated rings. The molecule has 22 heavy (non-hydrogen) atoms. The molecule has 2 aliphatic carbocycles. The minimum absolute atomic E-state index is 0. The molecule has 0 radical (unpaired) electrons. The van der Waals surface area contributed by atoms with Gasteiger partial charge < -0.3 is 24.8 Å². The summed E-state index contributed by atoms with van der Waals surface area (Å²) in [6.45, 7) is 7.01. The summed E-state index contributed by atoms with van der Waals surface area (Å²) in [5.74, 6) is 0.808. The molecule has 0 aliphatic heterocycles. The second kappa shape index (κ2) is 6.98. The van der Waals surface area contributed by atoms with Crippen molar-refractivity contribution in [2.75, 3.05) is 0 Å². The maximum atomic E-state index is 2.39. The molecule has 0 amide bonds. The summed E-state index contributed by atoms with van der Waals surface area (Å²) in [5.41, 5.74) is 8.32. The normalized spacial score (nSPS) is 18.0. The van der Waals surface area contributed by atoms with Crippen LogP contribution >= 0.6 is 8.19 Å². The third kappa shape index (κ3) is 2.73. The smallest absolute Gasteiger partial charge is 1.00 e. The first-order valence-corrected chi connectivity index (χ1v) is 10.9. The van der Waals surface area contributed by atoms with Crippen LogP contribution in [0.3, 0.4) is 0 Å². The number of halogens is 2. The first-order chi connectivity index (χ1) is 9.66. The maximum absolute atomic E-state index is 2.39. The van der Waals surface area contributed by atoms with Gasteiger partial charge in [-0.1, -0.05) is 0 Å². The molecule has 0 saturated heterocycles. The SMILES string of the molecule is Cc1[pH][c]([Zr+2][C]2=C3CCC3c3ccccc32)c(C)c1C.[Cl-].[Cl-]. The van der Waals surface area contributed by atoms with Gasteiger partial charge in [-0.2, -0.15) is 0 Å². The van der Waals surface area contributed by atoms with Crippen molar-refractivity contribution in [2.24, 2.45) is 0 Å². The van der Waals surface area contributed by atoms with Gasteiger partial charge >= 0.3 is 135 Å². The van der Waals surface area contributed by atoms with E-state index in [9.17, 15) is 0 Å². The fraction of sp³-hybridized carbons (Fsp3) is 0.333. The number of hydrogen-bond donors (Lipinski definition) is 0. The van der Waals surface area contributed by atoms with E-state index in [0.29, 0.717) is 0 Å². The van der Waals surface area contributed by atoms with Crippen LogP contribution in [0, 0.1) is 20.8 Å². The van der Waals surface area contributed by atoms with Crippen molar-refractivity contribution in [3.05, 3.63) is 57.4 Å². The van der Waals surface area contributed by atoms with E-state index in [1.807, 2.05) is 11.9 Å². The zero-order valence-electron chi connectivity index (χ0n) is 13.1. The van der Waals surface area contributed by atoms with Crippen molar-refractivity contribution < 1.29 is 48.0 Å². The van der Waals surface area contributed by atoms with Gasteiger partial charge in [-0.15, -0.1) is 0 Å². The van der Waals surface area contributed by atoms with Crippen LogP contribution < -0.4 is 27.8 Å². The Morgan fingerprint density at radius 1 is 1.05 bits per heavy atom. The molecule has 0 bridgehead atoms. The van der Waals surface area contributed by atoms with Crippen LogP contribution in [0.25, 0.3) is 3.28 Å². The molecule has 1 aromatic carbocycles. The van der Waals surface area contributed by atoms with Crippen LogP contribution in [0.5, 0.6) is 0 Å². The van der Waals surface area contributed by atoms with Gasteiger partial charge in [0.05, 0.1) is 0 Å². The topological polar surface area (TPSA) is 0 Å². The number of allylic oxidation sites excluding steroid dienone is 1. The summed E-state index contributed by atoms with van der Waals surface area (Å²) in [6.07, 6.45) is 2.77. The number of benzene rings is 1. The minimum atomic E-state index is -0.578. The molecule has 114 valence electrons. The van der Waals surface area contributed by atoms with E-state index in [4.69, 9.17) is 0 Å². The van der Waals surface area contributed by atoms with Gasteiger partial charge in [-0.05, 0) is 0 Å². The summed E-state index contributed by atoms with van der Waals surface area (Å²) in [4.78, 5) is 0. The standard InChI is InChI=1S/C11H9.C7H10P.2ClH.Zr/c1-2-4-10-8(3-1)7-9-5-6-11(9)10;1-5-4-8-7(3)6(5)2;;;/h1-4,11H,5-6H2;8H,1-3H3;2*1H;/q;;;;+2/p-2. The van der Waals surface area contributed by atoms with Gasteiger partial charge in [-0.25, -0.2) is 0 Å². The van der Waals surface area contributed by atoms with E-state index >= 15 is 0 Å². The van der Waals surface area contributed by atoms with Crippen molar-refractivity contribution in [3.8, 4) is 0 Å². The number of fused-ring (bicyclic) bond motifs is 3. The molecule has 0 nitrogen and oxygen atoms in total. The van der Waals surface area contributed by atoms with Crippen LogP contribution in [-0.4, -0.2) is 0 Å². The Labute approximate surface area is 158 Å². The Morgan fingerprint density at radius 3 is 2.36 bits per heavy atom. The van der Waals surface area contributed by atoms with Crippen LogP contribution in [0.4, 0.5) is 0 Å². The number of rotatable bonds is 2. The Morgan fingerprint density at radius 2 is 1.77 bits per heavy atom. The summed E-state index contributed by atoms with van der Waals surface area (Å²) in [6, 6.07) is 9.22. The Bertz CT molecular complexity index is 746. The van der Waals surface area contributed by atoms with E-state index in [2.05, 4.69) is 45.0 Å². The predicted octanol–water partition coefficient (Wildman–Crippen LogP) is -1.34. The van der Waals surface area contributed by atoms with Crippen molar-refractivity contribution in [1.29, 1.82) is 0 Å². The fourth-order valence-corrected chi connectivity index (χ4v) is 10.8. The zero-order chi connectivity index (χ0) is 13.9. The molecule has 1 saturated carbocycles. The van der Waals surface area contributed by atoms with Crippen LogP contribution in [0.1, 0.15) is 46.3 Å². The quantitative estimate of drug-likeness (QED) is 0.556. The molecule has 1 aromatic heterocycles. The molecular formula is C18H19Cl2PZr. The fourth-order valence-electron chi connectivity index (χ4n) is 3.52. The van der Waals surface area contributed by atoms with Crippen LogP contribution in [0.15, 0.2) is 29.8 Å². The molecule has 0 spiro atoms. The number of aryl methyl sites for hydroxylation is 1. The van der Waals surface area contributed by atoms with E-state index in [1.54, 1.807) is 27.5 Å². The van der Waals surface area contributed by atoms with E-state index in [-0.39, 0.29) is 24.8 Å². The van der Waals surface area contributed by atoms with E-state index < -0.39 is 23.2 Å². The summed E-state index contributed by atoms with van der Waals surface area (Å²) in [7, 11) is 1.00. The maximum Gasteiger partial charge on any atom is -1.00 e. The molecular weight excluding hydrogens is 409 g/mol. The van der Waals surface area contributed by atoms with Gasteiger partial charge in [0.1, 0.15) is 0 Å². The van der Waals surface area contributed by atoms with Crippen molar-refractivity contribution in [2.45, 2.75) is 39.5 Å². The zero-order valence-corrected chi connectivity index (χ0v) is 18.0. The van der Waals surface area contributed by atoms with Gasteiger partial charge in [0, 0.05) is 0 Å². The molecule has 2 atom stereocenters. The average molecular weight is 428 g/mol. The molecule has 0 N–H and O–H groups in total. The van der Waals surface area contributed by atoms with Gasteiger partial charge in [0.15, 0.2) is 0 Å².